The second kappa shape index (κ2) is 13.6. The Bertz CT molecular complexity index is 3420. The highest BCUT2D eigenvalue weighted by molar-refractivity contribution is 7.26. The summed E-state index contributed by atoms with van der Waals surface area (Å²) in [4.78, 5) is 2.39. The summed E-state index contributed by atoms with van der Waals surface area (Å²) in [5.74, 6) is 0. The van der Waals surface area contributed by atoms with Crippen molar-refractivity contribution in [3.8, 4) is 33.4 Å². The molecule has 3 heteroatoms. The molecule has 2 aromatic heterocycles. The highest BCUT2D eigenvalue weighted by Gasteiger charge is 2.20. The third-order valence-corrected chi connectivity index (χ3v) is 13.0. The number of anilines is 3. The number of fused-ring (bicyclic) bond motifs is 9. The van der Waals surface area contributed by atoms with Crippen molar-refractivity contribution in [3.05, 3.63) is 212 Å². The van der Waals surface area contributed by atoms with E-state index in [2.05, 4.69) is 211 Å². The first-order chi connectivity index (χ1) is 29.2. The molecule has 0 fully saturated rings. The number of furan rings is 1. The van der Waals surface area contributed by atoms with Crippen LogP contribution in [0.3, 0.4) is 0 Å². The summed E-state index contributed by atoms with van der Waals surface area (Å²) in [6.07, 6.45) is 0. The van der Waals surface area contributed by atoms with Gasteiger partial charge in [0.1, 0.15) is 11.2 Å². The van der Waals surface area contributed by atoms with Gasteiger partial charge in [-0.3, -0.25) is 0 Å². The van der Waals surface area contributed by atoms with E-state index in [1.54, 1.807) is 0 Å². The third-order valence-electron chi connectivity index (χ3n) is 11.9. The number of rotatable bonds is 6. The summed E-state index contributed by atoms with van der Waals surface area (Å²) < 4.78 is 8.92. The summed E-state index contributed by atoms with van der Waals surface area (Å²) in [5, 5.41) is 9.88. The Balaban J connectivity index is 1.02. The summed E-state index contributed by atoms with van der Waals surface area (Å²) in [6.45, 7) is 0. The van der Waals surface area contributed by atoms with Crippen molar-refractivity contribution in [2.45, 2.75) is 0 Å². The molecule has 0 atom stereocenters. The van der Waals surface area contributed by atoms with Crippen molar-refractivity contribution in [1.29, 1.82) is 0 Å². The number of benzene rings is 10. The molecule has 12 rings (SSSR count). The highest BCUT2D eigenvalue weighted by Crippen LogP contribution is 2.47. The molecule has 0 radical (unpaired) electrons. The van der Waals surface area contributed by atoms with E-state index in [-0.39, 0.29) is 0 Å². The first-order valence-corrected chi connectivity index (χ1v) is 20.9. The van der Waals surface area contributed by atoms with E-state index >= 15 is 0 Å². The smallest absolute Gasteiger partial charge is 0.136 e. The third kappa shape index (κ3) is 5.55. The van der Waals surface area contributed by atoms with Crippen LogP contribution in [-0.4, -0.2) is 0 Å². The van der Waals surface area contributed by atoms with Crippen molar-refractivity contribution in [2.75, 3.05) is 4.90 Å². The SMILES string of the molecule is c1cc(-c2cccc3sc4ccc5oc6ccccc6c5c4c23)cc(N(c2ccc(-c3cccc4ccccc34)cc2)c2ccc(-c3cccc4ccccc34)cc2)c1. The molecule has 0 bridgehead atoms. The van der Waals surface area contributed by atoms with Gasteiger partial charge in [0.15, 0.2) is 0 Å². The van der Waals surface area contributed by atoms with E-state index in [1.165, 1.54) is 80.5 Å². The average molecular weight is 770 g/mol. The van der Waals surface area contributed by atoms with Crippen LogP contribution in [-0.2, 0) is 0 Å². The Morgan fingerprint density at radius 3 is 1.54 bits per heavy atom. The zero-order valence-corrected chi connectivity index (χ0v) is 32.8. The fourth-order valence-corrected chi connectivity index (χ4v) is 10.3. The molecule has 59 heavy (non-hydrogen) atoms. The first-order valence-electron chi connectivity index (χ1n) is 20.1. The van der Waals surface area contributed by atoms with Crippen molar-refractivity contribution < 1.29 is 4.42 Å². The molecule has 0 aliphatic heterocycles. The van der Waals surface area contributed by atoms with Gasteiger partial charge < -0.3 is 9.32 Å². The second-order valence-electron chi connectivity index (χ2n) is 15.2. The van der Waals surface area contributed by atoms with Gasteiger partial charge in [-0.05, 0) is 116 Å². The molecule has 2 nitrogen and oxygen atoms in total. The number of nitrogens with zero attached hydrogens (tertiary/aromatic N) is 1. The Kier molecular flexibility index (Phi) is 7.75. The molecule has 0 saturated carbocycles. The lowest BCUT2D eigenvalue weighted by Gasteiger charge is -2.26. The van der Waals surface area contributed by atoms with Crippen LogP contribution in [0, 0.1) is 0 Å². The predicted molar refractivity (Wildman–Crippen MR) is 253 cm³/mol. The average Bonchev–Trinajstić information content (AvgIpc) is 3.88. The van der Waals surface area contributed by atoms with Crippen LogP contribution in [0.4, 0.5) is 17.1 Å². The quantitative estimate of drug-likeness (QED) is 0.167. The van der Waals surface area contributed by atoms with Gasteiger partial charge in [-0.15, -0.1) is 11.3 Å². The van der Waals surface area contributed by atoms with Gasteiger partial charge in [0.25, 0.3) is 0 Å². The maximum Gasteiger partial charge on any atom is 0.136 e. The maximum absolute atomic E-state index is 6.39. The topological polar surface area (TPSA) is 16.4 Å². The van der Waals surface area contributed by atoms with Gasteiger partial charge in [0.2, 0.25) is 0 Å². The van der Waals surface area contributed by atoms with Crippen molar-refractivity contribution in [2.24, 2.45) is 0 Å². The Labute approximate surface area is 345 Å². The summed E-state index contributed by atoms with van der Waals surface area (Å²) in [6, 6.07) is 76.9. The summed E-state index contributed by atoms with van der Waals surface area (Å²) >= 11 is 1.85. The van der Waals surface area contributed by atoms with Crippen LogP contribution in [0.1, 0.15) is 0 Å². The molecule has 0 aliphatic carbocycles. The Morgan fingerprint density at radius 2 is 0.864 bits per heavy atom. The number of thiophene rings is 1. The number of hydrogen-bond donors (Lipinski definition) is 0. The molecule has 0 unspecified atom stereocenters. The fourth-order valence-electron chi connectivity index (χ4n) is 9.16. The van der Waals surface area contributed by atoms with Crippen LogP contribution in [0.15, 0.2) is 217 Å². The molecule has 12 aromatic rings. The van der Waals surface area contributed by atoms with Gasteiger partial charge in [-0.1, -0.05) is 152 Å². The predicted octanol–water partition coefficient (Wildman–Crippen LogP) is 16.7. The molecule has 2 heterocycles. The van der Waals surface area contributed by atoms with E-state index in [4.69, 9.17) is 4.42 Å². The Hall–Kier alpha value is -7.46. The van der Waals surface area contributed by atoms with Crippen molar-refractivity contribution in [1.82, 2.24) is 0 Å². The monoisotopic (exact) mass is 769 g/mol. The minimum Gasteiger partial charge on any atom is -0.456 e. The molecule has 10 aromatic carbocycles. The molecule has 0 saturated heterocycles. The van der Waals surface area contributed by atoms with Crippen LogP contribution < -0.4 is 4.90 Å². The zero-order chi connectivity index (χ0) is 38.9. The molecule has 0 N–H and O–H groups in total. The number of para-hydroxylation sites is 1. The van der Waals surface area contributed by atoms with Gasteiger partial charge in [0, 0.05) is 48.0 Å². The normalized spacial score (nSPS) is 11.7. The second-order valence-corrected chi connectivity index (χ2v) is 16.3. The largest absolute Gasteiger partial charge is 0.456 e. The Morgan fingerprint density at radius 1 is 0.322 bits per heavy atom. The molecule has 0 spiro atoms. The van der Waals surface area contributed by atoms with Crippen LogP contribution >= 0.6 is 11.3 Å². The van der Waals surface area contributed by atoms with Crippen LogP contribution in [0.2, 0.25) is 0 Å². The minimum absolute atomic E-state index is 0.919. The van der Waals surface area contributed by atoms with Crippen molar-refractivity contribution in [3.63, 3.8) is 0 Å². The zero-order valence-electron chi connectivity index (χ0n) is 32.0. The minimum atomic E-state index is 0.919. The van der Waals surface area contributed by atoms with Crippen LogP contribution in [0.5, 0.6) is 0 Å². The lowest BCUT2D eigenvalue weighted by atomic mass is 9.96. The van der Waals surface area contributed by atoms with E-state index in [0.29, 0.717) is 0 Å². The number of hydrogen-bond acceptors (Lipinski definition) is 3. The molecular weight excluding hydrogens is 735 g/mol. The van der Waals surface area contributed by atoms with Gasteiger partial charge in [0.05, 0.1) is 0 Å². The molecule has 0 aliphatic rings. The van der Waals surface area contributed by atoms with Crippen molar-refractivity contribution >= 4 is 92.1 Å². The highest BCUT2D eigenvalue weighted by atomic mass is 32.1. The van der Waals surface area contributed by atoms with E-state index in [9.17, 15) is 0 Å². The van der Waals surface area contributed by atoms with E-state index in [0.717, 1.165) is 33.6 Å². The lowest BCUT2D eigenvalue weighted by molar-refractivity contribution is 0.669. The fraction of sp³-hybridized carbons (Fsp3) is 0. The van der Waals surface area contributed by atoms with E-state index in [1.807, 2.05) is 17.4 Å². The van der Waals surface area contributed by atoms with Gasteiger partial charge in [-0.2, -0.15) is 0 Å². The molecule has 276 valence electrons. The van der Waals surface area contributed by atoms with Gasteiger partial charge in [-0.25, -0.2) is 0 Å². The standard InChI is InChI=1S/C56H35NOS/c1-3-17-44-36(11-1)13-8-20-46(44)38-25-29-41(30-26-38)57(42-31-27-39(28-32-42)47-21-9-14-37-12-2-4-18-45(37)47)43-16-7-15-40(35-43)48-22-10-24-52-55(48)56-53(59-52)34-33-51-54(56)49-19-5-6-23-50(49)58-51/h1-35H. The van der Waals surface area contributed by atoms with E-state index < -0.39 is 0 Å². The summed E-state index contributed by atoms with van der Waals surface area (Å²) in [5.41, 5.74) is 12.4. The first kappa shape index (κ1) is 33.7. The van der Waals surface area contributed by atoms with Crippen LogP contribution in [0.25, 0.3) is 97.0 Å². The maximum atomic E-state index is 6.39. The molecule has 0 amide bonds. The lowest BCUT2D eigenvalue weighted by Crippen LogP contribution is -2.10. The van der Waals surface area contributed by atoms with Gasteiger partial charge >= 0.3 is 0 Å². The summed E-state index contributed by atoms with van der Waals surface area (Å²) in [7, 11) is 0. The molecular formula is C56H35NOS.